The summed E-state index contributed by atoms with van der Waals surface area (Å²) in [6.45, 7) is 4.07. The largest absolute Gasteiger partial charge is 0.462 e. The number of benzene rings is 1. The van der Waals surface area contributed by atoms with Gasteiger partial charge in [-0.3, -0.25) is 0 Å². The molecule has 0 amide bonds. The molecule has 0 saturated carbocycles. The first-order chi connectivity index (χ1) is 9.97. The smallest absolute Gasteiger partial charge is 0.350 e. The minimum absolute atomic E-state index is 0.315. The second-order valence-electron chi connectivity index (χ2n) is 4.38. The average molecular weight is 344 g/mol. The van der Waals surface area contributed by atoms with E-state index in [9.17, 15) is 4.79 Å². The van der Waals surface area contributed by atoms with Crippen LogP contribution in [0.15, 0.2) is 18.2 Å². The number of esters is 1. The highest BCUT2D eigenvalue weighted by molar-refractivity contribution is 7.18. The fraction of sp³-hybridized carbons (Fsp3) is 0.267. The molecule has 6 heteroatoms. The van der Waals surface area contributed by atoms with Crippen molar-refractivity contribution in [1.29, 1.82) is 0 Å². The molecule has 1 aromatic carbocycles. The summed E-state index contributed by atoms with van der Waals surface area (Å²) in [5.74, 6) is -0.394. The van der Waals surface area contributed by atoms with Gasteiger partial charge in [-0.25, -0.2) is 4.79 Å². The molecule has 1 heterocycles. The van der Waals surface area contributed by atoms with E-state index in [4.69, 9.17) is 33.7 Å². The van der Waals surface area contributed by atoms with Crippen LogP contribution in [0.4, 0.5) is 5.69 Å². The van der Waals surface area contributed by atoms with E-state index in [1.807, 2.05) is 19.1 Å². The molecule has 0 saturated heterocycles. The van der Waals surface area contributed by atoms with Crippen molar-refractivity contribution in [2.75, 3.05) is 12.3 Å². The van der Waals surface area contributed by atoms with Crippen LogP contribution in [0.25, 0.3) is 10.4 Å². The van der Waals surface area contributed by atoms with E-state index >= 15 is 0 Å². The molecule has 0 fully saturated rings. The Morgan fingerprint density at radius 3 is 2.38 bits per heavy atom. The average Bonchev–Trinajstić information content (AvgIpc) is 2.75. The van der Waals surface area contributed by atoms with Gasteiger partial charge in [0, 0.05) is 14.9 Å². The summed E-state index contributed by atoms with van der Waals surface area (Å²) in [6, 6.07) is 5.29. The molecule has 0 aliphatic carbocycles. The lowest BCUT2D eigenvalue weighted by Gasteiger charge is -2.04. The molecule has 0 unspecified atom stereocenters. The van der Waals surface area contributed by atoms with Crippen molar-refractivity contribution < 1.29 is 9.53 Å². The summed E-state index contributed by atoms with van der Waals surface area (Å²) in [5.41, 5.74) is 8.36. The number of halogens is 2. The van der Waals surface area contributed by atoms with E-state index in [0.29, 0.717) is 33.6 Å². The van der Waals surface area contributed by atoms with Gasteiger partial charge in [0.2, 0.25) is 0 Å². The van der Waals surface area contributed by atoms with Gasteiger partial charge in [0.05, 0.1) is 12.3 Å². The van der Waals surface area contributed by atoms with Crippen LogP contribution in [0, 0.1) is 0 Å². The third-order valence-corrected chi connectivity index (χ3v) is 4.70. The molecule has 0 aliphatic rings. The molecule has 2 aromatic rings. The van der Waals surface area contributed by atoms with Crippen molar-refractivity contribution in [1.82, 2.24) is 0 Å². The van der Waals surface area contributed by atoms with Crippen LogP contribution < -0.4 is 5.73 Å². The summed E-state index contributed by atoms with van der Waals surface area (Å²) in [5, 5.41) is 1.09. The molecule has 2 N–H and O–H groups in total. The Bertz CT molecular complexity index is 662. The normalized spacial score (nSPS) is 10.7. The van der Waals surface area contributed by atoms with Gasteiger partial charge in [0.15, 0.2) is 0 Å². The van der Waals surface area contributed by atoms with Crippen LogP contribution >= 0.6 is 34.5 Å². The highest BCUT2D eigenvalue weighted by Gasteiger charge is 2.22. The van der Waals surface area contributed by atoms with Crippen LogP contribution in [0.2, 0.25) is 10.0 Å². The lowest BCUT2D eigenvalue weighted by atomic mass is 10.1. The molecular weight excluding hydrogens is 329 g/mol. The summed E-state index contributed by atoms with van der Waals surface area (Å²) in [6.07, 6.45) is 0.710. The van der Waals surface area contributed by atoms with Crippen LogP contribution in [0.3, 0.4) is 0 Å². The van der Waals surface area contributed by atoms with Gasteiger partial charge in [-0.1, -0.05) is 30.1 Å². The monoisotopic (exact) mass is 343 g/mol. The molecule has 0 atom stereocenters. The van der Waals surface area contributed by atoms with E-state index in [2.05, 4.69) is 0 Å². The lowest BCUT2D eigenvalue weighted by molar-refractivity contribution is 0.0533. The Morgan fingerprint density at radius 1 is 1.24 bits per heavy atom. The molecule has 112 valence electrons. The minimum Gasteiger partial charge on any atom is -0.462 e. The van der Waals surface area contributed by atoms with Crippen molar-refractivity contribution in [3.05, 3.63) is 38.7 Å². The number of ether oxygens (including phenoxy) is 1. The molecule has 2 rings (SSSR count). The van der Waals surface area contributed by atoms with Gasteiger partial charge in [0.1, 0.15) is 4.88 Å². The van der Waals surface area contributed by atoms with Crippen molar-refractivity contribution in [2.24, 2.45) is 0 Å². The zero-order valence-electron chi connectivity index (χ0n) is 11.7. The van der Waals surface area contributed by atoms with E-state index < -0.39 is 5.97 Å². The molecular formula is C15H15Cl2NO2S. The van der Waals surface area contributed by atoms with E-state index in [-0.39, 0.29) is 0 Å². The Labute approximate surface area is 137 Å². The number of nitrogen functional groups attached to an aromatic ring is 1. The number of anilines is 1. The maximum atomic E-state index is 12.0. The highest BCUT2D eigenvalue weighted by atomic mass is 35.5. The van der Waals surface area contributed by atoms with E-state index in [1.165, 1.54) is 11.3 Å². The second kappa shape index (κ2) is 6.69. The maximum Gasteiger partial charge on any atom is 0.350 e. The predicted octanol–water partition coefficient (Wildman–Crippen LogP) is 5.04. The van der Waals surface area contributed by atoms with E-state index in [0.717, 1.165) is 16.0 Å². The zero-order valence-corrected chi connectivity index (χ0v) is 14.0. The topological polar surface area (TPSA) is 52.3 Å². The first kappa shape index (κ1) is 16.1. The molecule has 3 nitrogen and oxygen atoms in total. The van der Waals surface area contributed by atoms with Gasteiger partial charge < -0.3 is 10.5 Å². The number of rotatable bonds is 4. The Balaban J connectivity index is 2.58. The van der Waals surface area contributed by atoms with Gasteiger partial charge in [-0.05, 0) is 42.7 Å². The molecule has 1 aromatic heterocycles. The summed E-state index contributed by atoms with van der Waals surface area (Å²) in [7, 11) is 0. The highest BCUT2D eigenvalue weighted by Crippen LogP contribution is 2.41. The number of hydrogen-bond donors (Lipinski definition) is 1. The first-order valence-electron chi connectivity index (χ1n) is 6.52. The number of nitrogens with two attached hydrogens (primary N) is 1. The molecule has 0 bridgehead atoms. The van der Waals surface area contributed by atoms with Crippen LogP contribution in [0.5, 0.6) is 0 Å². The Kier molecular flexibility index (Phi) is 5.14. The van der Waals surface area contributed by atoms with Gasteiger partial charge in [-0.15, -0.1) is 11.3 Å². The number of carbonyl (C=O) groups excluding carboxylic acids is 1. The zero-order chi connectivity index (χ0) is 15.6. The van der Waals surface area contributed by atoms with E-state index in [1.54, 1.807) is 13.0 Å². The summed E-state index contributed by atoms with van der Waals surface area (Å²) < 4.78 is 5.04. The second-order valence-corrected chi connectivity index (χ2v) is 6.28. The number of hydrogen-bond acceptors (Lipinski definition) is 4. The fourth-order valence-corrected chi connectivity index (χ4v) is 3.81. The Hall–Kier alpha value is -1.23. The minimum atomic E-state index is -0.394. The maximum absolute atomic E-state index is 12.0. The molecule has 0 aliphatic heterocycles. The van der Waals surface area contributed by atoms with Crippen LogP contribution in [-0.2, 0) is 11.2 Å². The third kappa shape index (κ3) is 3.34. The molecule has 21 heavy (non-hydrogen) atoms. The fourth-order valence-electron chi connectivity index (χ4n) is 2.10. The van der Waals surface area contributed by atoms with Crippen LogP contribution in [-0.4, -0.2) is 12.6 Å². The predicted molar refractivity (Wildman–Crippen MR) is 89.5 cm³/mol. The van der Waals surface area contributed by atoms with Crippen LogP contribution in [0.1, 0.15) is 29.1 Å². The van der Waals surface area contributed by atoms with Crippen molar-refractivity contribution in [3.63, 3.8) is 0 Å². The standard InChI is InChI=1S/C15H15Cl2NO2S/c1-3-11-12(18)14(15(19)20-4-2)21-13(11)8-5-9(16)7-10(17)6-8/h5-7H,3-4,18H2,1-2H3. The third-order valence-electron chi connectivity index (χ3n) is 2.99. The van der Waals surface area contributed by atoms with Gasteiger partial charge in [-0.2, -0.15) is 0 Å². The van der Waals surface area contributed by atoms with Crippen molar-refractivity contribution >= 4 is 46.2 Å². The van der Waals surface area contributed by atoms with Gasteiger partial charge >= 0.3 is 5.97 Å². The number of thiophene rings is 1. The SMILES string of the molecule is CCOC(=O)c1sc(-c2cc(Cl)cc(Cl)c2)c(CC)c1N. The van der Waals surface area contributed by atoms with Gasteiger partial charge in [0.25, 0.3) is 0 Å². The summed E-state index contributed by atoms with van der Waals surface area (Å²) in [4.78, 5) is 13.3. The lowest BCUT2D eigenvalue weighted by Crippen LogP contribution is -2.05. The molecule has 0 radical (unpaired) electrons. The Morgan fingerprint density at radius 2 is 1.86 bits per heavy atom. The van der Waals surface area contributed by atoms with Crippen molar-refractivity contribution in [3.8, 4) is 10.4 Å². The quantitative estimate of drug-likeness (QED) is 0.790. The molecule has 0 spiro atoms. The number of carbonyl (C=O) groups is 1. The van der Waals surface area contributed by atoms with Crippen molar-refractivity contribution in [2.45, 2.75) is 20.3 Å². The first-order valence-corrected chi connectivity index (χ1v) is 8.09. The summed E-state index contributed by atoms with van der Waals surface area (Å²) >= 11 is 13.4.